The summed E-state index contributed by atoms with van der Waals surface area (Å²) in [6.07, 6.45) is -2.17. The average Bonchev–Trinajstić information content (AvgIpc) is 2.69. The van der Waals surface area contributed by atoms with Gasteiger partial charge in [-0.15, -0.1) is 0 Å². The van der Waals surface area contributed by atoms with Crippen LogP contribution in [0.25, 0.3) is 0 Å². The van der Waals surface area contributed by atoms with Gasteiger partial charge in [0.2, 0.25) is 15.9 Å². The molecule has 32 heavy (non-hydrogen) atoms. The van der Waals surface area contributed by atoms with Gasteiger partial charge in [-0.05, 0) is 37.1 Å². The van der Waals surface area contributed by atoms with Crippen LogP contribution in [0.3, 0.4) is 0 Å². The number of sulfonamides is 1. The van der Waals surface area contributed by atoms with Gasteiger partial charge in [0, 0.05) is 30.9 Å². The van der Waals surface area contributed by atoms with Crippen LogP contribution in [0.2, 0.25) is 5.02 Å². The Morgan fingerprint density at radius 3 is 2.44 bits per heavy atom. The normalized spacial score (nSPS) is 15.5. The molecule has 0 bridgehead atoms. The number of amides is 1. The lowest BCUT2D eigenvalue weighted by Gasteiger charge is -2.32. The van der Waals surface area contributed by atoms with Crippen molar-refractivity contribution >= 4 is 44.7 Å². The molecule has 1 aliphatic heterocycles. The van der Waals surface area contributed by atoms with Crippen LogP contribution in [0.1, 0.15) is 18.4 Å². The number of hydrogen-bond donors (Lipinski definition) is 2. The minimum absolute atomic E-state index is 0.125. The van der Waals surface area contributed by atoms with Crippen LogP contribution in [0.4, 0.5) is 34.8 Å². The van der Waals surface area contributed by atoms with Crippen molar-refractivity contribution in [2.45, 2.75) is 19.0 Å². The highest BCUT2D eigenvalue weighted by Gasteiger charge is 2.33. The van der Waals surface area contributed by atoms with Crippen LogP contribution in [0.5, 0.6) is 0 Å². The van der Waals surface area contributed by atoms with Crippen molar-refractivity contribution in [2.24, 2.45) is 5.92 Å². The molecule has 1 saturated heterocycles. The number of hydrogen-bond acceptors (Lipinski definition) is 5. The maximum atomic E-state index is 13.8. The number of carbonyl (C=O) groups is 1. The molecule has 1 fully saturated rings. The Morgan fingerprint density at radius 1 is 1.22 bits per heavy atom. The van der Waals surface area contributed by atoms with Crippen LogP contribution in [0.15, 0.2) is 30.5 Å². The molecule has 2 aromatic rings. The number of piperidine rings is 1. The molecule has 1 amide bonds. The standard InChI is InChI=1S/C19H19ClF4N4O3S/c1-32(30,31)27-16-9-13(2-3-15(16)21)26-18(29)11-4-6-28(7-5-11)17-14(20)8-12(10-25-17)19(22,23)24/h2-3,8-11,27H,4-7H2,1H3,(H,26,29). The quantitative estimate of drug-likeness (QED) is 0.610. The SMILES string of the molecule is CS(=O)(=O)Nc1cc(NC(=O)C2CCN(c3ncc(C(F)(F)F)cc3Cl)CC2)ccc1F. The van der Waals surface area contributed by atoms with Gasteiger partial charge in [-0.1, -0.05) is 11.6 Å². The molecule has 1 aromatic carbocycles. The first-order valence-electron chi connectivity index (χ1n) is 9.39. The second-order valence-electron chi connectivity index (χ2n) is 7.35. The van der Waals surface area contributed by atoms with Crippen LogP contribution < -0.4 is 14.9 Å². The molecule has 2 heterocycles. The zero-order valence-electron chi connectivity index (χ0n) is 16.7. The Labute approximate surface area is 186 Å². The molecule has 13 heteroatoms. The van der Waals surface area contributed by atoms with Gasteiger partial charge in [0.05, 0.1) is 22.5 Å². The number of nitrogens with one attached hydrogen (secondary N) is 2. The van der Waals surface area contributed by atoms with Crippen molar-refractivity contribution < 1.29 is 30.8 Å². The highest BCUT2D eigenvalue weighted by molar-refractivity contribution is 7.92. The lowest BCUT2D eigenvalue weighted by molar-refractivity contribution is -0.137. The van der Waals surface area contributed by atoms with Gasteiger partial charge in [0.1, 0.15) is 11.6 Å². The van der Waals surface area contributed by atoms with Gasteiger partial charge in [-0.2, -0.15) is 13.2 Å². The fraction of sp³-hybridized carbons (Fsp3) is 0.368. The van der Waals surface area contributed by atoms with Crippen LogP contribution in [0, 0.1) is 11.7 Å². The number of carbonyl (C=O) groups excluding carboxylic acids is 1. The maximum absolute atomic E-state index is 13.8. The molecule has 0 spiro atoms. The molecule has 2 N–H and O–H groups in total. The van der Waals surface area contributed by atoms with E-state index in [4.69, 9.17) is 11.6 Å². The minimum Gasteiger partial charge on any atom is -0.355 e. The van der Waals surface area contributed by atoms with Crippen LogP contribution >= 0.6 is 11.6 Å². The van der Waals surface area contributed by atoms with Gasteiger partial charge in [0.25, 0.3) is 0 Å². The minimum atomic E-state index is -4.54. The lowest BCUT2D eigenvalue weighted by atomic mass is 9.95. The third-order valence-electron chi connectivity index (χ3n) is 4.84. The van der Waals surface area contributed by atoms with E-state index in [1.165, 1.54) is 12.1 Å². The second-order valence-corrected chi connectivity index (χ2v) is 9.50. The van der Waals surface area contributed by atoms with Crippen LogP contribution in [-0.4, -0.2) is 38.7 Å². The van der Waals surface area contributed by atoms with E-state index >= 15 is 0 Å². The third-order valence-corrected chi connectivity index (χ3v) is 5.71. The number of halogens is 5. The van der Waals surface area contributed by atoms with Crippen LogP contribution in [-0.2, 0) is 21.0 Å². The van der Waals surface area contributed by atoms with E-state index in [1.54, 1.807) is 4.90 Å². The first-order valence-corrected chi connectivity index (χ1v) is 11.7. The van der Waals surface area contributed by atoms with E-state index in [0.29, 0.717) is 25.9 Å². The van der Waals surface area contributed by atoms with Gasteiger partial charge in [0.15, 0.2) is 0 Å². The summed E-state index contributed by atoms with van der Waals surface area (Å²) in [5.74, 6) is -1.32. The third kappa shape index (κ3) is 6.00. The molecule has 0 radical (unpaired) electrons. The lowest BCUT2D eigenvalue weighted by Crippen LogP contribution is -2.38. The fourth-order valence-corrected chi connectivity index (χ4v) is 4.14. The van der Waals surface area contributed by atoms with Gasteiger partial charge in [-0.3, -0.25) is 9.52 Å². The zero-order valence-corrected chi connectivity index (χ0v) is 18.3. The number of nitrogens with zero attached hydrogens (tertiary/aromatic N) is 2. The molecule has 0 unspecified atom stereocenters. The molecular weight excluding hydrogens is 476 g/mol. The Balaban J connectivity index is 1.62. The van der Waals surface area contributed by atoms with E-state index < -0.39 is 33.5 Å². The predicted octanol–water partition coefficient (Wildman–Crippen LogP) is 4.12. The molecule has 7 nitrogen and oxygen atoms in total. The number of rotatable bonds is 5. The number of benzene rings is 1. The molecule has 3 rings (SSSR count). The number of alkyl halides is 3. The summed E-state index contributed by atoms with van der Waals surface area (Å²) in [5, 5.41) is 2.50. The molecule has 174 valence electrons. The first-order chi connectivity index (χ1) is 14.8. The highest BCUT2D eigenvalue weighted by atomic mass is 35.5. The van der Waals surface area contributed by atoms with E-state index in [1.807, 2.05) is 4.72 Å². The fourth-order valence-electron chi connectivity index (χ4n) is 3.30. The Bertz CT molecular complexity index is 1120. The number of pyridine rings is 1. The average molecular weight is 495 g/mol. The van der Waals surface area contributed by atoms with Crippen molar-refractivity contribution in [3.05, 3.63) is 46.9 Å². The van der Waals surface area contributed by atoms with Gasteiger partial charge < -0.3 is 10.2 Å². The van der Waals surface area contributed by atoms with Crippen molar-refractivity contribution in [1.82, 2.24) is 4.98 Å². The molecular formula is C19H19ClF4N4O3S. The largest absolute Gasteiger partial charge is 0.417 e. The van der Waals surface area contributed by atoms with E-state index in [0.717, 1.165) is 24.6 Å². The summed E-state index contributed by atoms with van der Waals surface area (Å²) < 4.78 is 76.8. The zero-order chi connectivity index (χ0) is 23.7. The predicted molar refractivity (Wildman–Crippen MR) is 113 cm³/mol. The topological polar surface area (TPSA) is 91.4 Å². The summed E-state index contributed by atoms with van der Waals surface area (Å²) in [6.45, 7) is 0.695. The Morgan fingerprint density at radius 2 is 1.88 bits per heavy atom. The van der Waals surface area contributed by atoms with Crippen molar-refractivity contribution in [3.8, 4) is 0 Å². The summed E-state index contributed by atoms with van der Waals surface area (Å²) in [5.41, 5.74) is -1.01. The molecule has 0 aliphatic carbocycles. The van der Waals surface area contributed by atoms with Crippen molar-refractivity contribution in [2.75, 3.05) is 34.3 Å². The maximum Gasteiger partial charge on any atom is 0.417 e. The number of aromatic nitrogens is 1. The second kappa shape index (κ2) is 9.10. The molecule has 1 aromatic heterocycles. The van der Waals surface area contributed by atoms with E-state index in [-0.39, 0.29) is 28.1 Å². The smallest absolute Gasteiger partial charge is 0.355 e. The highest BCUT2D eigenvalue weighted by Crippen LogP contribution is 2.34. The number of anilines is 3. The van der Waals surface area contributed by atoms with E-state index in [9.17, 15) is 30.8 Å². The summed E-state index contributed by atoms with van der Waals surface area (Å²) in [4.78, 5) is 18.1. The van der Waals surface area contributed by atoms with Crippen molar-refractivity contribution in [1.29, 1.82) is 0 Å². The monoisotopic (exact) mass is 494 g/mol. The first kappa shape index (κ1) is 24.1. The van der Waals surface area contributed by atoms with Gasteiger partial charge in [-0.25, -0.2) is 17.8 Å². The Hall–Kier alpha value is -2.60. The summed E-state index contributed by atoms with van der Waals surface area (Å²) in [6, 6.07) is 4.33. The molecule has 0 saturated carbocycles. The Kier molecular flexibility index (Phi) is 6.84. The molecule has 1 aliphatic rings. The molecule has 0 atom stereocenters. The van der Waals surface area contributed by atoms with E-state index in [2.05, 4.69) is 10.3 Å². The van der Waals surface area contributed by atoms with Gasteiger partial charge >= 0.3 is 6.18 Å². The summed E-state index contributed by atoms with van der Waals surface area (Å²) in [7, 11) is -3.70. The van der Waals surface area contributed by atoms with Crippen molar-refractivity contribution in [3.63, 3.8) is 0 Å². The summed E-state index contributed by atoms with van der Waals surface area (Å²) >= 11 is 5.99.